The maximum absolute atomic E-state index is 5.56. The van der Waals surface area contributed by atoms with Gasteiger partial charge in [-0.1, -0.05) is 6.07 Å². The molecule has 1 heterocycles. The summed E-state index contributed by atoms with van der Waals surface area (Å²) < 4.78 is 10.7. The van der Waals surface area contributed by atoms with Gasteiger partial charge in [-0.2, -0.15) is 0 Å². The zero-order chi connectivity index (χ0) is 12.3. The zero-order valence-electron chi connectivity index (χ0n) is 9.77. The number of rotatable bonds is 4. The van der Waals surface area contributed by atoms with Crippen molar-refractivity contribution in [3.8, 4) is 22.1 Å². The maximum atomic E-state index is 5.56. The Bertz CT molecular complexity index is 489. The highest BCUT2D eigenvalue weighted by molar-refractivity contribution is 7.13. The molecule has 0 radical (unpaired) electrons. The number of nitrogens with zero attached hydrogens (tertiary/aromatic N) is 1. The van der Waals surface area contributed by atoms with Crippen LogP contribution in [0.2, 0.25) is 0 Å². The lowest BCUT2D eigenvalue weighted by atomic mass is 10.2. The molecule has 0 fully saturated rings. The van der Waals surface area contributed by atoms with Crippen LogP contribution in [-0.4, -0.2) is 19.2 Å². The van der Waals surface area contributed by atoms with Crippen LogP contribution in [0.25, 0.3) is 10.6 Å². The van der Waals surface area contributed by atoms with Gasteiger partial charge in [0.05, 0.1) is 25.5 Å². The Labute approximate surface area is 104 Å². The van der Waals surface area contributed by atoms with Gasteiger partial charge in [-0.3, -0.25) is 0 Å². The van der Waals surface area contributed by atoms with Crippen molar-refractivity contribution in [1.82, 2.24) is 4.98 Å². The molecule has 0 amide bonds. The Morgan fingerprint density at radius 3 is 2.35 bits per heavy atom. The number of nitrogens with two attached hydrogens (primary N) is 1. The second-order valence-corrected chi connectivity index (χ2v) is 4.24. The van der Waals surface area contributed by atoms with E-state index >= 15 is 0 Å². The summed E-state index contributed by atoms with van der Waals surface area (Å²) in [4.78, 5) is 4.45. The van der Waals surface area contributed by atoms with E-state index in [9.17, 15) is 0 Å². The molecule has 2 rings (SSSR count). The van der Waals surface area contributed by atoms with Gasteiger partial charge in [0.25, 0.3) is 0 Å². The number of ether oxygens (including phenoxy) is 2. The topological polar surface area (TPSA) is 57.4 Å². The summed E-state index contributed by atoms with van der Waals surface area (Å²) in [5.41, 5.74) is 7.31. The molecule has 0 bridgehead atoms. The Kier molecular flexibility index (Phi) is 3.61. The molecule has 0 aliphatic heterocycles. The highest BCUT2D eigenvalue weighted by Gasteiger charge is 2.15. The summed E-state index contributed by atoms with van der Waals surface area (Å²) in [6.07, 6.45) is 0. The average Bonchev–Trinajstić information content (AvgIpc) is 2.86. The lowest BCUT2D eigenvalue weighted by Crippen LogP contribution is -1.97. The maximum Gasteiger partial charge on any atom is 0.132 e. The minimum absolute atomic E-state index is 0.438. The summed E-state index contributed by atoms with van der Waals surface area (Å²) in [6.45, 7) is 0.438. The Morgan fingerprint density at radius 1 is 1.24 bits per heavy atom. The molecule has 0 spiro atoms. The monoisotopic (exact) mass is 250 g/mol. The first-order valence-corrected chi connectivity index (χ1v) is 6.04. The number of hydrogen-bond donors (Lipinski definition) is 1. The van der Waals surface area contributed by atoms with E-state index in [-0.39, 0.29) is 0 Å². The van der Waals surface area contributed by atoms with Crippen molar-refractivity contribution in [2.24, 2.45) is 5.73 Å². The van der Waals surface area contributed by atoms with Gasteiger partial charge in [-0.15, -0.1) is 11.3 Å². The molecule has 1 aromatic heterocycles. The second-order valence-electron chi connectivity index (χ2n) is 3.39. The third-order valence-electron chi connectivity index (χ3n) is 2.40. The van der Waals surface area contributed by atoms with E-state index in [0.29, 0.717) is 6.54 Å². The van der Waals surface area contributed by atoms with Crippen molar-refractivity contribution in [1.29, 1.82) is 0 Å². The van der Waals surface area contributed by atoms with Crippen LogP contribution in [0.15, 0.2) is 23.6 Å². The molecule has 5 heteroatoms. The number of benzene rings is 1. The molecule has 0 unspecified atom stereocenters. The molecule has 2 aromatic rings. The Hall–Kier alpha value is -1.59. The number of aromatic nitrogens is 1. The molecule has 2 N–H and O–H groups in total. The summed E-state index contributed by atoms with van der Waals surface area (Å²) >= 11 is 1.54. The van der Waals surface area contributed by atoms with E-state index in [0.717, 1.165) is 27.8 Å². The summed E-state index contributed by atoms with van der Waals surface area (Å²) in [7, 11) is 3.27. The molecule has 90 valence electrons. The normalized spacial score (nSPS) is 10.3. The van der Waals surface area contributed by atoms with Gasteiger partial charge in [-0.25, -0.2) is 4.98 Å². The second kappa shape index (κ2) is 5.16. The predicted molar refractivity (Wildman–Crippen MR) is 68.5 cm³/mol. The SMILES string of the molecule is COc1cccc(OC)c1-c1nc(CN)cs1. The van der Waals surface area contributed by atoms with Crippen molar-refractivity contribution >= 4 is 11.3 Å². The van der Waals surface area contributed by atoms with E-state index in [1.54, 1.807) is 14.2 Å². The van der Waals surface area contributed by atoms with Crippen molar-refractivity contribution in [2.45, 2.75) is 6.54 Å². The fraction of sp³-hybridized carbons (Fsp3) is 0.250. The number of thiazole rings is 1. The zero-order valence-corrected chi connectivity index (χ0v) is 10.6. The lowest BCUT2D eigenvalue weighted by Gasteiger charge is -2.10. The van der Waals surface area contributed by atoms with Gasteiger partial charge in [-0.05, 0) is 12.1 Å². The molecule has 17 heavy (non-hydrogen) atoms. The van der Waals surface area contributed by atoms with Gasteiger partial charge >= 0.3 is 0 Å². The van der Waals surface area contributed by atoms with Gasteiger partial charge in [0.1, 0.15) is 16.5 Å². The van der Waals surface area contributed by atoms with Crippen LogP contribution in [-0.2, 0) is 6.54 Å². The van der Waals surface area contributed by atoms with E-state index in [4.69, 9.17) is 15.2 Å². The third-order valence-corrected chi connectivity index (χ3v) is 3.31. The fourth-order valence-electron chi connectivity index (χ4n) is 1.58. The highest BCUT2D eigenvalue weighted by atomic mass is 32.1. The van der Waals surface area contributed by atoms with Gasteiger partial charge in [0.2, 0.25) is 0 Å². The van der Waals surface area contributed by atoms with Gasteiger partial charge in [0.15, 0.2) is 0 Å². The number of hydrogen-bond acceptors (Lipinski definition) is 5. The smallest absolute Gasteiger partial charge is 0.132 e. The first-order valence-electron chi connectivity index (χ1n) is 5.16. The average molecular weight is 250 g/mol. The predicted octanol–water partition coefficient (Wildman–Crippen LogP) is 2.29. The fourth-order valence-corrected chi connectivity index (χ4v) is 2.46. The van der Waals surface area contributed by atoms with Gasteiger partial charge < -0.3 is 15.2 Å². The molecule has 1 aromatic carbocycles. The molecule has 0 saturated carbocycles. The summed E-state index contributed by atoms with van der Waals surface area (Å²) in [6, 6.07) is 5.67. The molecular formula is C12H14N2O2S. The third kappa shape index (κ3) is 2.25. The highest BCUT2D eigenvalue weighted by Crippen LogP contribution is 2.39. The quantitative estimate of drug-likeness (QED) is 0.904. The first-order chi connectivity index (χ1) is 8.30. The van der Waals surface area contributed by atoms with Crippen LogP contribution in [0.3, 0.4) is 0 Å². The summed E-state index contributed by atoms with van der Waals surface area (Å²) in [5.74, 6) is 1.50. The summed E-state index contributed by atoms with van der Waals surface area (Å²) in [5, 5.41) is 2.81. The Morgan fingerprint density at radius 2 is 1.88 bits per heavy atom. The van der Waals surface area contributed by atoms with E-state index in [1.807, 2.05) is 23.6 Å². The van der Waals surface area contributed by atoms with Crippen molar-refractivity contribution < 1.29 is 9.47 Å². The first kappa shape index (κ1) is 11.9. The lowest BCUT2D eigenvalue weighted by molar-refractivity contribution is 0.397. The molecule has 0 atom stereocenters. The standard InChI is InChI=1S/C12H14N2O2S/c1-15-9-4-3-5-10(16-2)11(9)12-14-8(6-13)7-17-12/h3-5,7H,6,13H2,1-2H3. The van der Waals surface area contributed by atoms with Crippen LogP contribution >= 0.6 is 11.3 Å². The van der Waals surface area contributed by atoms with Gasteiger partial charge in [0, 0.05) is 11.9 Å². The molecule has 0 saturated heterocycles. The molecule has 0 aliphatic carbocycles. The van der Waals surface area contributed by atoms with E-state index in [2.05, 4.69) is 4.98 Å². The molecule has 4 nitrogen and oxygen atoms in total. The minimum atomic E-state index is 0.438. The van der Waals surface area contributed by atoms with Crippen LogP contribution in [0.4, 0.5) is 0 Å². The minimum Gasteiger partial charge on any atom is -0.496 e. The van der Waals surface area contributed by atoms with E-state index < -0.39 is 0 Å². The van der Waals surface area contributed by atoms with Crippen molar-refractivity contribution in [3.05, 3.63) is 29.3 Å². The van der Waals surface area contributed by atoms with Crippen LogP contribution in [0.5, 0.6) is 11.5 Å². The van der Waals surface area contributed by atoms with Crippen LogP contribution in [0.1, 0.15) is 5.69 Å². The Balaban J connectivity index is 2.55. The van der Waals surface area contributed by atoms with Crippen LogP contribution in [0, 0.1) is 0 Å². The van der Waals surface area contributed by atoms with E-state index in [1.165, 1.54) is 11.3 Å². The largest absolute Gasteiger partial charge is 0.496 e. The van der Waals surface area contributed by atoms with Crippen LogP contribution < -0.4 is 15.2 Å². The van der Waals surface area contributed by atoms with Crippen molar-refractivity contribution in [2.75, 3.05) is 14.2 Å². The molecular weight excluding hydrogens is 236 g/mol. The van der Waals surface area contributed by atoms with Crippen molar-refractivity contribution in [3.63, 3.8) is 0 Å². The number of methoxy groups -OCH3 is 2. The molecule has 0 aliphatic rings.